The van der Waals surface area contributed by atoms with Crippen molar-refractivity contribution in [1.82, 2.24) is 0 Å². The van der Waals surface area contributed by atoms with E-state index in [0.717, 1.165) is 27.9 Å². The third-order valence-corrected chi connectivity index (χ3v) is 3.07. The first kappa shape index (κ1) is 19.8. The summed E-state index contributed by atoms with van der Waals surface area (Å²) in [4.78, 5) is 46.1. The van der Waals surface area contributed by atoms with Crippen LogP contribution < -0.4 is 0 Å². The summed E-state index contributed by atoms with van der Waals surface area (Å²) in [6.45, 7) is 3.34. The maximum Gasteiger partial charge on any atom is 0.339 e. The number of carbonyl (C=O) groups excluding carboxylic acids is 4. The molecule has 10 heteroatoms. The minimum atomic E-state index is -1.43. The van der Waals surface area contributed by atoms with Gasteiger partial charge < -0.3 is 28.4 Å². The van der Waals surface area contributed by atoms with Gasteiger partial charge in [-0.3, -0.25) is 14.4 Å². The fourth-order valence-corrected chi connectivity index (χ4v) is 2.27. The SMILES string of the molecule is COC(=O)C1O[C@@H](OC)[C@@H](OC(C)=O)[C@@H](OC(C)=O)[C@@H]1OC(C)=O. The largest absolute Gasteiger partial charge is 0.467 e. The summed E-state index contributed by atoms with van der Waals surface area (Å²) in [7, 11) is 2.35. The van der Waals surface area contributed by atoms with Crippen molar-refractivity contribution in [3.8, 4) is 0 Å². The molecule has 0 saturated carbocycles. The average Bonchev–Trinajstić information content (AvgIpc) is 2.48. The second-order valence-electron chi connectivity index (χ2n) is 4.91. The van der Waals surface area contributed by atoms with E-state index in [-0.39, 0.29) is 0 Å². The van der Waals surface area contributed by atoms with E-state index in [1.807, 2.05) is 0 Å². The van der Waals surface area contributed by atoms with E-state index in [0.29, 0.717) is 0 Å². The molecule has 1 rings (SSSR count). The van der Waals surface area contributed by atoms with E-state index in [1.54, 1.807) is 0 Å². The predicted octanol–water partition coefficient (Wildman–Crippen LogP) is -0.674. The van der Waals surface area contributed by atoms with Crippen LogP contribution in [0.5, 0.6) is 0 Å². The topological polar surface area (TPSA) is 124 Å². The number of hydrogen-bond donors (Lipinski definition) is 0. The number of carbonyl (C=O) groups is 4. The van der Waals surface area contributed by atoms with Crippen molar-refractivity contribution in [3.05, 3.63) is 0 Å². The highest BCUT2D eigenvalue weighted by Crippen LogP contribution is 2.29. The number of ether oxygens (including phenoxy) is 6. The Balaban J connectivity index is 3.28. The molecule has 1 saturated heterocycles. The van der Waals surface area contributed by atoms with Crippen LogP contribution in [0.1, 0.15) is 20.8 Å². The van der Waals surface area contributed by atoms with Gasteiger partial charge in [0, 0.05) is 27.9 Å². The number of esters is 4. The molecule has 0 aliphatic carbocycles. The molecule has 136 valence electrons. The van der Waals surface area contributed by atoms with Gasteiger partial charge in [0.2, 0.25) is 0 Å². The van der Waals surface area contributed by atoms with Crippen molar-refractivity contribution in [2.24, 2.45) is 0 Å². The molecule has 0 aromatic rings. The molecular weight excluding hydrogens is 328 g/mol. The monoisotopic (exact) mass is 348 g/mol. The van der Waals surface area contributed by atoms with Crippen LogP contribution in [0.25, 0.3) is 0 Å². The lowest BCUT2D eigenvalue weighted by atomic mass is 9.97. The van der Waals surface area contributed by atoms with Gasteiger partial charge in [-0.15, -0.1) is 0 Å². The summed E-state index contributed by atoms with van der Waals surface area (Å²) in [5.41, 5.74) is 0. The molecule has 0 aromatic heterocycles. The minimum Gasteiger partial charge on any atom is -0.467 e. The van der Waals surface area contributed by atoms with E-state index >= 15 is 0 Å². The maximum atomic E-state index is 11.9. The van der Waals surface area contributed by atoms with Crippen LogP contribution in [0.15, 0.2) is 0 Å². The molecule has 0 amide bonds. The van der Waals surface area contributed by atoms with Crippen molar-refractivity contribution in [1.29, 1.82) is 0 Å². The van der Waals surface area contributed by atoms with Gasteiger partial charge in [0.05, 0.1) is 7.11 Å². The van der Waals surface area contributed by atoms with Gasteiger partial charge in [0.15, 0.2) is 30.7 Å². The second-order valence-corrected chi connectivity index (χ2v) is 4.91. The predicted molar refractivity (Wildman–Crippen MR) is 74.3 cm³/mol. The Morgan fingerprint density at radius 3 is 1.62 bits per heavy atom. The molecule has 10 nitrogen and oxygen atoms in total. The van der Waals surface area contributed by atoms with Crippen LogP contribution in [0, 0.1) is 0 Å². The first-order valence-corrected chi connectivity index (χ1v) is 6.99. The lowest BCUT2D eigenvalue weighted by molar-refractivity contribution is -0.296. The molecule has 1 aliphatic rings. The quantitative estimate of drug-likeness (QED) is 0.466. The lowest BCUT2D eigenvalue weighted by Gasteiger charge is -2.42. The molecule has 1 fully saturated rings. The van der Waals surface area contributed by atoms with Crippen LogP contribution >= 0.6 is 0 Å². The van der Waals surface area contributed by atoms with E-state index < -0.39 is 54.6 Å². The van der Waals surface area contributed by atoms with E-state index in [4.69, 9.17) is 23.7 Å². The Hall–Kier alpha value is -2.20. The van der Waals surface area contributed by atoms with Gasteiger partial charge in [-0.05, 0) is 0 Å². The first-order chi connectivity index (χ1) is 11.2. The summed E-state index contributed by atoms with van der Waals surface area (Å²) < 4.78 is 30.3. The van der Waals surface area contributed by atoms with Gasteiger partial charge in [-0.25, -0.2) is 4.79 Å². The summed E-state index contributed by atoms with van der Waals surface area (Å²) in [6, 6.07) is 0. The Morgan fingerprint density at radius 2 is 1.21 bits per heavy atom. The fraction of sp³-hybridized carbons (Fsp3) is 0.714. The molecule has 0 spiro atoms. The number of rotatable bonds is 5. The molecule has 24 heavy (non-hydrogen) atoms. The Kier molecular flexibility index (Phi) is 7.11. The van der Waals surface area contributed by atoms with Crippen molar-refractivity contribution in [3.63, 3.8) is 0 Å². The third kappa shape index (κ3) is 4.90. The molecule has 5 atom stereocenters. The molecular formula is C14H20O10. The molecule has 0 aromatic carbocycles. The number of hydrogen-bond acceptors (Lipinski definition) is 10. The highest BCUT2D eigenvalue weighted by atomic mass is 16.7. The molecule has 1 heterocycles. The molecule has 0 N–H and O–H groups in total. The van der Waals surface area contributed by atoms with Gasteiger partial charge >= 0.3 is 23.9 Å². The van der Waals surface area contributed by atoms with Gasteiger partial charge in [0.25, 0.3) is 0 Å². The van der Waals surface area contributed by atoms with E-state index in [9.17, 15) is 19.2 Å². The average molecular weight is 348 g/mol. The van der Waals surface area contributed by atoms with Gasteiger partial charge in [0.1, 0.15) is 0 Å². The first-order valence-electron chi connectivity index (χ1n) is 6.99. The highest BCUT2D eigenvalue weighted by Gasteiger charge is 2.54. The number of methoxy groups -OCH3 is 2. The Morgan fingerprint density at radius 1 is 0.750 bits per heavy atom. The minimum absolute atomic E-state index is 0.708. The van der Waals surface area contributed by atoms with Gasteiger partial charge in [-0.1, -0.05) is 0 Å². The second kappa shape index (κ2) is 8.60. The third-order valence-electron chi connectivity index (χ3n) is 3.07. The normalized spacial score (nSPS) is 29.3. The van der Waals surface area contributed by atoms with Crippen molar-refractivity contribution < 1.29 is 47.6 Å². The fourth-order valence-electron chi connectivity index (χ4n) is 2.27. The van der Waals surface area contributed by atoms with Crippen molar-refractivity contribution in [2.45, 2.75) is 51.5 Å². The zero-order valence-corrected chi connectivity index (χ0v) is 14.0. The Bertz CT molecular complexity index is 502. The van der Waals surface area contributed by atoms with Crippen LogP contribution in [0.4, 0.5) is 0 Å². The lowest BCUT2D eigenvalue weighted by Crippen LogP contribution is -2.63. The molecule has 0 bridgehead atoms. The summed E-state index contributed by atoms with van der Waals surface area (Å²) in [5.74, 6) is -3.08. The van der Waals surface area contributed by atoms with Crippen LogP contribution in [0.3, 0.4) is 0 Å². The van der Waals surface area contributed by atoms with Crippen LogP contribution in [-0.4, -0.2) is 68.8 Å². The molecule has 0 radical (unpaired) electrons. The van der Waals surface area contributed by atoms with E-state index in [2.05, 4.69) is 4.74 Å². The Labute approximate surface area is 138 Å². The smallest absolute Gasteiger partial charge is 0.339 e. The zero-order chi connectivity index (χ0) is 18.4. The zero-order valence-electron chi connectivity index (χ0n) is 14.0. The molecule has 1 unspecified atom stereocenters. The summed E-state index contributed by atoms with van der Waals surface area (Å²) in [6.07, 6.45) is -6.62. The van der Waals surface area contributed by atoms with Crippen LogP contribution in [0.2, 0.25) is 0 Å². The maximum absolute atomic E-state index is 11.9. The van der Waals surface area contributed by atoms with Crippen molar-refractivity contribution in [2.75, 3.05) is 14.2 Å². The summed E-state index contributed by atoms with van der Waals surface area (Å²) >= 11 is 0. The van der Waals surface area contributed by atoms with E-state index in [1.165, 1.54) is 7.11 Å². The van der Waals surface area contributed by atoms with Crippen LogP contribution in [-0.2, 0) is 47.6 Å². The van der Waals surface area contributed by atoms with Crippen molar-refractivity contribution >= 4 is 23.9 Å². The molecule has 1 aliphatic heterocycles. The summed E-state index contributed by atoms with van der Waals surface area (Å²) in [5, 5.41) is 0. The highest BCUT2D eigenvalue weighted by molar-refractivity contribution is 5.77. The standard InChI is InChI=1S/C14H20O10/c1-6(15)21-9-10(22-7(2)16)12(23-8(3)17)14(20-5)24-11(9)13(18)19-4/h9-12,14H,1-5H3/t9-,10-,11?,12-,14+/m0/s1. The van der Waals surface area contributed by atoms with Gasteiger partial charge in [-0.2, -0.15) is 0 Å².